The van der Waals surface area contributed by atoms with E-state index in [1.54, 1.807) is 35.0 Å². The molecule has 2 aromatic carbocycles. The average Bonchev–Trinajstić information content (AvgIpc) is 3.49. The Morgan fingerprint density at radius 2 is 1.74 bits per heavy atom. The third kappa shape index (κ3) is 3.35. The van der Waals surface area contributed by atoms with Crippen LogP contribution in [0.5, 0.6) is 0 Å². The van der Waals surface area contributed by atoms with Crippen LogP contribution < -0.4 is 0 Å². The van der Waals surface area contributed by atoms with Gasteiger partial charge in [0, 0.05) is 24.2 Å². The molecule has 2 bridgehead atoms. The molecule has 35 heavy (non-hydrogen) atoms. The third-order valence-corrected chi connectivity index (χ3v) is 7.00. The zero-order chi connectivity index (χ0) is 24.3. The molecule has 4 heterocycles. The predicted molar refractivity (Wildman–Crippen MR) is 120 cm³/mol. The van der Waals surface area contributed by atoms with Gasteiger partial charge in [-0.05, 0) is 49.9 Å². The molecule has 0 aliphatic carbocycles. The molecule has 2 atom stereocenters. The molecule has 2 unspecified atom stereocenters. The van der Waals surface area contributed by atoms with Gasteiger partial charge in [0.25, 0.3) is 5.91 Å². The van der Waals surface area contributed by atoms with E-state index in [9.17, 15) is 18.0 Å². The van der Waals surface area contributed by atoms with Gasteiger partial charge in [0.1, 0.15) is 12.7 Å². The smallest absolute Gasteiger partial charge is 0.256 e. The van der Waals surface area contributed by atoms with Crippen LogP contribution in [0.1, 0.15) is 46.9 Å². The lowest BCUT2D eigenvalue weighted by Gasteiger charge is -2.45. The van der Waals surface area contributed by atoms with E-state index in [1.165, 1.54) is 0 Å². The number of nitrogens with zero attached hydrogens (tertiary/aromatic N) is 6. The largest absolute Gasteiger partial charge is 0.327 e. The molecule has 10 heteroatoms. The zero-order valence-corrected chi connectivity index (χ0v) is 18.8. The van der Waals surface area contributed by atoms with E-state index in [4.69, 9.17) is 0 Å². The normalized spacial score (nSPS) is 19.0. The second-order valence-corrected chi connectivity index (χ2v) is 8.99. The van der Waals surface area contributed by atoms with Crippen LogP contribution in [0, 0.1) is 17.5 Å². The highest BCUT2D eigenvalue weighted by molar-refractivity contribution is 5.98. The molecular formula is C25H21F3N6O. The number of benzene rings is 2. The highest BCUT2D eigenvalue weighted by atomic mass is 19.2. The standard InChI is InChI=1S/C25H21F3N6O/c1-32-24(14-9-18(26)22(28)19(27)10-14)17-11-15-5-4-8-21(23(17)31-32)34(15)25(35)16-6-2-3-7-20(16)33-12-29-30-13-33/h2-3,6-7,9-10,12-13,15,21H,4-5,8,11H2,1H3. The first-order chi connectivity index (χ1) is 16.9. The van der Waals surface area contributed by atoms with Crippen LogP contribution in [0.3, 0.4) is 0 Å². The van der Waals surface area contributed by atoms with E-state index in [1.807, 2.05) is 23.1 Å². The van der Waals surface area contributed by atoms with Gasteiger partial charge in [-0.1, -0.05) is 12.1 Å². The molecule has 4 aromatic rings. The van der Waals surface area contributed by atoms with Crippen molar-refractivity contribution >= 4 is 5.91 Å². The molecule has 0 saturated carbocycles. The van der Waals surface area contributed by atoms with Crippen LogP contribution in [-0.2, 0) is 13.5 Å². The number of carbonyl (C=O) groups is 1. The number of para-hydroxylation sites is 1. The highest BCUT2D eigenvalue weighted by Crippen LogP contribution is 2.45. The molecule has 0 spiro atoms. The van der Waals surface area contributed by atoms with Crippen molar-refractivity contribution in [1.82, 2.24) is 29.4 Å². The highest BCUT2D eigenvalue weighted by Gasteiger charge is 2.44. The van der Waals surface area contributed by atoms with Crippen molar-refractivity contribution in [3.63, 3.8) is 0 Å². The number of aromatic nitrogens is 5. The first-order valence-electron chi connectivity index (χ1n) is 11.4. The Morgan fingerprint density at radius 1 is 1.03 bits per heavy atom. The fourth-order valence-corrected chi connectivity index (χ4v) is 5.55. The summed E-state index contributed by atoms with van der Waals surface area (Å²) in [6.45, 7) is 0. The SMILES string of the molecule is Cn1nc2c(c1-c1cc(F)c(F)c(F)c1)CC1CCCC2N1C(=O)c1ccccc1-n1cnnc1. The van der Waals surface area contributed by atoms with Gasteiger partial charge in [0.05, 0.1) is 28.7 Å². The van der Waals surface area contributed by atoms with Crippen LogP contribution in [0.4, 0.5) is 13.2 Å². The van der Waals surface area contributed by atoms with Crippen molar-refractivity contribution in [2.24, 2.45) is 7.05 Å². The molecule has 7 nitrogen and oxygen atoms in total. The number of hydrogen-bond donors (Lipinski definition) is 0. The second-order valence-electron chi connectivity index (χ2n) is 8.99. The molecule has 1 amide bonds. The van der Waals surface area contributed by atoms with Gasteiger partial charge in [-0.2, -0.15) is 5.10 Å². The van der Waals surface area contributed by atoms with Gasteiger partial charge in [-0.3, -0.25) is 14.0 Å². The van der Waals surface area contributed by atoms with Crippen LogP contribution in [0.25, 0.3) is 16.9 Å². The minimum atomic E-state index is -1.50. The number of rotatable bonds is 3. The van der Waals surface area contributed by atoms with E-state index in [2.05, 4.69) is 15.3 Å². The van der Waals surface area contributed by atoms with Crippen molar-refractivity contribution in [3.05, 3.63) is 83.3 Å². The molecule has 178 valence electrons. The van der Waals surface area contributed by atoms with E-state index in [-0.39, 0.29) is 23.6 Å². The molecule has 1 saturated heterocycles. The Balaban J connectivity index is 1.44. The quantitative estimate of drug-likeness (QED) is 0.410. The van der Waals surface area contributed by atoms with Gasteiger partial charge in [-0.25, -0.2) is 13.2 Å². The summed E-state index contributed by atoms with van der Waals surface area (Å²) in [5, 5.41) is 12.4. The summed E-state index contributed by atoms with van der Waals surface area (Å²) in [7, 11) is 1.70. The van der Waals surface area contributed by atoms with E-state index < -0.39 is 17.5 Å². The molecule has 6 rings (SSSR count). The van der Waals surface area contributed by atoms with Crippen LogP contribution in [0.2, 0.25) is 0 Å². The summed E-state index contributed by atoms with van der Waals surface area (Å²) in [6.07, 6.45) is 6.07. The number of carbonyl (C=O) groups excluding carboxylic acids is 1. The monoisotopic (exact) mass is 478 g/mol. The molecule has 2 aliphatic rings. The van der Waals surface area contributed by atoms with Gasteiger partial charge < -0.3 is 4.90 Å². The summed E-state index contributed by atoms with van der Waals surface area (Å²) in [6, 6.07) is 8.94. The Labute approximate surface area is 198 Å². The maximum atomic E-state index is 14.0. The Hall–Kier alpha value is -3.95. The lowest BCUT2D eigenvalue weighted by molar-refractivity contribution is 0.0392. The van der Waals surface area contributed by atoms with E-state index in [0.29, 0.717) is 23.4 Å². The summed E-state index contributed by atoms with van der Waals surface area (Å²) in [5.74, 6) is -4.09. The second kappa shape index (κ2) is 8.07. The fourth-order valence-electron chi connectivity index (χ4n) is 5.55. The number of halogens is 3. The minimum Gasteiger partial charge on any atom is -0.327 e. The first-order valence-corrected chi connectivity index (χ1v) is 11.4. The van der Waals surface area contributed by atoms with Crippen LogP contribution in [0.15, 0.2) is 49.1 Å². The van der Waals surface area contributed by atoms with Gasteiger partial charge in [0.2, 0.25) is 0 Å². The lowest BCUT2D eigenvalue weighted by Crippen LogP contribution is -2.50. The number of amides is 1. The Kier molecular flexibility index (Phi) is 4.98. The van der Waals surface area contributed by atoms with E-state index >= 15 is 0 Å². The van der Waals surface area contributed by atoms with Crippen LogP contribution in [-0.4, -0.2) is 41.4 Å². The van der Waals surface area contributed by atoms with Crippen molar-refractivity contribution in [1.29, 1.82) is 0 Å². The minimum absolute atomic E-state index is 0.0965. The number of aryl methyl sites for hydroxylation is 1. The molecule has 2 aliphatic heterocycles. The van der Waals surface area contributed by atoms with Gasteiger partial charge in [0.15, 0.2) is 17.5 Å². The maximum Gasteiger partial charge on any atom is 0.256 e. The third-order valence-electron chi connectivity index (χ3n) is 7.00. The Morgan fingerprint density at radius 3 is 2.49 bits per heavy atom. The van der Waals surface area contributed by atoms with Crippen molar-refractivity contribution in [2.45, 2.75) is 37.8 Å². The summed E-state index contributed by atoms with van der Waals surface area (Å²) in [4.78, 5) is 15.8. The van der Waals surface area contributed by atoms with Crippen molar-refractivity contribution < 1.29 is 18.0 Å². The molecule has 1 fully saturated rings. The molecular weight excluding hydrogens is 457 g/mol. The topological polar surface area (TPSA) is 68.8 Å². The number of fused-ring (bicyclic) bond motifs is 4. The summed E-state index contributed by atoms with van der Waals surface area (Å²) in [5.41, 5.74) is 3.57. The average molecular weight is 478 g/mol. The zero-order valence-electron chi connectivity index (χ0n) is 18.8. The van der Waals surface area contributed by atoms with Crippen LogP contribution >= 0.6 is 0 Å². The Bertz CT molecular complexity index is 1420. The lowest BCUT2D eigenvalue weighted by atomic mass is 9.81. The number of hydrogen-bond acceptors (Lipinski definition) is 4. The predicted octanol–water partition coefficient (Wildman–Crippen LogP) is 4.38. The van der Waals surface area contributed by atoms with Crippen molar-refractivity contribution in [2.75, 3.05) is 0 Å². The van der Waals surface area contributed by atoms with Gasteiger partial charge >= 0.3 is 0 Å². The van der Waals surface area contributed by atoms with Gasteiger partial charge in [-0.15, -0.1) is 10.2 Å². The fraction of sp³-hybridized carbons (Fsp3) is 0.280. The number of piperidine rings is 1. The molecule has 0 radical (unpaired) electrons. The first kappa shape index (κ1) is 21.6. The summed E-state index contributed by atoms with van der Waals surface area (Å²) >= 11 is 0. The molecule has 0 N–H and O–H groups in total. The van der Waals surface area contributed by atoms with E-state index in [0.717, 1.165) is 42.7 Å². The van der Waals surface area contributed by atoms with Crippen molar-refractivity contribution in [3.8, 4) is 16.9 Å². The summed E-state index contributed by atoms with van der Waals surface area (Å²) < 4.78 is 44.9. The maximum absolute atomic E-state index is 14.0. The molecule has 2 aromatic heterocycles.